The molecule has 2 aromatic carbocycles. The molecule has 5 nitrogen and oxygen atoms in total. The minimum absolute atomic E-state index is 0. The van der Waals surface area contributed by atoms with E-state index in [4.69, 9.17) is 4.74 Å². The number of carboxylic acids is 1. The molecule has 0 heterocycles. The Morgan fingerprint density at radius 2 is 1.65 bits per heavy atom. The maximum atomic E-state index is 13.4. The molecular formula is C24H30FNaO5. The summed E-state index contributed by atoms with van der Waals surface area (Å²) in [5.41, 5.74) is 3.67. The van der Waals surface area contributed by atoms with Crippen LogP contribution < -0.4 is 39.4 Å². The molecule has 0 spiro atoms. The van der Waals surface area contributed by atoms with Crippen molar-refractivity contribution in [2.45, 2.75) is 64.6 Å². The molecular weight excluding hydrogens is 410 g/mol. The topological polar surface area (TPSA) is 89.8 Å². The van der Waals surface area contributed by atoms with Crippen molar-refractivity contribution in [3.63, 3.8) is 0 Å². The van der Waals surface area contributed by atoms with E-state index in [-0.39, 0.29) is 60.2 Å². The van der Waals surface area contributed by atoms with Gasteiger partial charge in [0.05, 0.1) is 12.2 Å². The molecule has 0 fully saturated rings. The third kappa shape index (κ3) is 8.20. The first-order valence-corrected chi connectivity index (χ1v) is 10.2. The molecule has 2 atom stereocenters. The van der Waals surface area contributed by atoms with Gasteiger partial charge in [0.25, 0.3) is 0 Å². The molecule has 31 heavy (non-hydrogen) atoms. The van der Waals surface area contributed by atoms with Gasteiger partial charge < -0.3 is 24.9 Å². The quantitative estimate of drug-likeness (QED) is 0.522. The van der Waals surface area contributed by atoms with E-state index < -0.39 is 24.6 Å². The molecule has 0 aliphatic heterocycles. The maximum Gasteiger partial charge on any atom is 1.00 e. The molecule has 2 rings (SSSR count). The fourth-order valence-electron chi connectivity index (χ4n) is 3.28. The van der Waals surface area contributed by atoms with E-state index in [1.165, 1.54) is 12.1 Å². The van der Waals surface area contributed by atoms with E-state index in [1.807, 2.05) is 19.9 Å². The molecule has 2 aromatic rings. The Hall–Kier alpha value is -1.44. The molecule has 0 bridgehead atoms. The number of halogens is 1. The monoisotopic (exact) mass is 440 g/mol. The normalized spacial score (nSPS) is 13.1. The van der Waals surface area contributed by atoms with Gasteiger partial charge in [0, 0.05) is 24.4 Å². The summed E-state index contributed by atoms with van der Waals surface area (Å²) in [7, 11) is 0. The van der Waals surface area contributed by atoms with E-state index in [2.05, 4.69) is 19.9 Å². The molecule has 0 aromatic heterocycles. The first-order chi connectivity index (χ1) is 14.1. The fraction of sp³-hybridized carbons (Fsp3) is 0.458. The molecule has 7 heteroatoms. The standard InChI is InChI=1S/C24H31FO5.Na/c1-14(2)17-9-21(15(3)4)24(22(10-17)16-5-7-18(25)8-6-16)30-13-20(27)11-19(26)12-23(28)29;/h5-10,14-15,19-20,26-27H,11-13H2,1-4H3,(H,28,29);/q;+1/p-1/t19-,20?;/m1./s1. The van der Waals surface area contributed by atoms with Crippen LogP contribution in [0.5, 0.6) is 5.75 Å². The van der Waals surface area contributed by atoms with Crippen LogP contribution >= 0.6 is 0 Å². The zero-order valence-corrected chi connectivity index (χ0v) is 20.9. The Morgan fingerprint density at radius 1 is 1.03 bits per heavy atom. The van der Waals surface area contributed by atoms with E-state index in [0.717, 1.165) is 22.3 Å². The minimum Gasteiger partial charge on any atom is -0.550 e. The fourth-order valence-corrected chi connectivity index (χ4v) is 3.28. The van der Waals surface area contributed by atoms with Gasteiger partial charge in [-0.25, -0.2) is 4.39 Å². The SMILES string of the molecule is CC(C)c1cc(-c2ccc(F)cc2)c(OCC(O)C[C@@H](O)CC(=O)[O-])c(C(C)C)c1.[Na+]. The molecule has 0 radical (unpaired) electrons. The van der Waals surface area contributed by atoms with Gasteiger partial charge in [0.1, 0.15) is 18.2 Å². The zero-order chi connectivity index (χ0) is 22.4. The van der Waals surface area contributed by atoms with E-state index >= 15 is 0 Å². The number of hydrogen-bond acceptors (Lipinski definition) is 5. The Labute approximate surface area is 205 Å². The summed E-state index contributed by atoms with van der Waals surface area (Å²) in [6.45, 7) is 8.16. The molecule has 0 amide bonds. The summed E-state index contributed by atoms with van der Waals surface area (Å²) in [5.74, 6) is -0.697. The molecule has 0 aliphatic carbocycles. The number of hydrogen-bond donors (Lipinski definition) is 2. The summed E-state index contributed by atoms with van der Waals surface area (Å²) in [4.78, 5) is 10.6. The zero-order valence-electron chi connectivity index (χ0n) is 18.9. The number of rotatable bonds is 10. The second-order valence-corrected chi connectivity index (χ2v) is 8.23. The first kappa shape index (κ1) is 27.6. The van der Waals surface area contributed by atoms with Gasteiger partial charge in [-0.3, -0.25) is 0 Å². The average Bonchev–Trinajstić information content (AvgIpc) is 2.65. The van der Waals surface area contributed by atoms with Crippen LogP contribution in [0.25, 0.3) is 11.1 Å². The van der Waals surface area contributed by atoms with Crippen molar-refractivity contribution in [1.29, 1.82) is 0 Å². The summed E-state index contributed by atoms with van der Waals surface area (Å²) >= 11 is 0. The average molecular weight is 440 g/mol. The first-order valence-electron chi connectivity index (χ1n) is 10.2. The van der Waals surface area contributed by atoms with Gasteiger partial charge in [-0.1, -0.05) is 45.9 Å². The number of aliphatic hydroxyl groups is 2. The van der Waals surface area contributed by atoms with Gasteiger partial charge in [-0.05, 0) is 46.7 Å². The predicted octanol–water partition coefficient (Wildman–Crippen LogP) is 0.374. The van der Waals surface area contributed by atoms with Crippen molar-refractivity contribution in [3.8, 4) is 16.9 Å². The Kier molecular flexibility index (Phi) is 11.2. The number of benzene rings is 2. The minimum atomic E-state index is -1.37. The molecule has 0 saturated heterocycles. The van der Waals surface area contributed by atoms with Crippen molar-refractivity contribution in [3.05, 3.63) is 53.3 Å². The number of carbonyl (C=O) groups is 1. The summed E-state index contributed by atoms with van der Waals surface area (Å²) in [6.07, 6.45) is -2.94. The Balaban J connectivity index is 0.00000480. The number of aliphatic hydroxyl groups excluding tert-OH is 2. The van der Waals surface area contributed by atoms with Gasteiger partial charge in [0.2, 0.25) is 0 Å². The van der Waals surface area contributed by atoms with E-state index in [1.54, 1.807) is 12.1 Å². The largest absolute Gasteiger partial charge is 1.00 e. The van der Waals surface area contributed by atoms with Crippen LogP contribution in [0.3, 0.4) is 0 Å². The van der Waals surface area contributed by atoms with Crippen LogP contribution in [0, 0.1) is 5.82 Å². The van der Waals surface area contributed by atoms with E-state index in [9.17, 15) is 24.5 Å². The van der Waals surface area contributed by atoms with Crippen molar-refractivity contribution >= 4 is 5.97 Å². The Morgan fingerprint density at radius 3 is 2.16 bits per heavy atom. The second-order valence-electron chi connectivity index (χ2n) is 8.23. The van der Waals surface area contributed by atoms with Crippen LogP contribution in [-0.4, -0.2) is 35.0 Å². The number of carboxylic acid groups (broad SMARTS) is 1. The van der Waals surface area contributed by atoms with Gasteiger partial charge >= 0.3 is 29.6 Å². The smallest absolute Gasteiger partial charge is 0.550 e. The molecule has 0 aliphatic rings. The molecule has 0 saturated carbocycles. The van der Waals surface area contributed by atoms with Crippen LogP contribution in [0.4, 0.5) is 4.39 Å². The predicted molar refractivity (Wildman–Crippen MR) is 112 cm³/mol. The molecule has 164 valence electrons. The van der Waals surface area contributed by atoms with Gasteiger partial charge in [-0.15, -0.1) is 0 Å². The molecule has 2 N–H and O–H groups in total. The summed E-state index contributed by atoms with van der Waals surface area (Å²) in [5, 5.41) is 30.5. The third-order valence-corrected chi connectivity index (χ3v) is 4.95. The van der Waals surface area contributed by atoms with E-state index in [0.29, 0.717) is 5.75 Å². The van der Waals surface area contributed by atoms with Crippen LogP contribution in [-0.2, 0) is 4.79 Å². The van der Waals surface area contributed by atoms with Crippen LogP contribution in [0.1, 0.15) is 63.5 Å². The summed E-state index contributed by atoms with van der Waals surface area (Å²) < 4.78 is 19.4. The summed E-state index contributed by atoms with van der Waals surface area (Å²) in [6, 6.07) is 10.2. The van der Waals surface area contributed by atoms with Crippen molar-refractivity contribution in [1.82, 2.24) is 0 Å². The number of aliphatic carboxylic acids is 1. The van der Waals surface area contributed by atoms with Gasteiger partial charge in [0.15, 0.2) is 0 Å². The van der Waals surface area contributed by atoms with Crippen LogP contribution in [0.2, 0.25) is 0 Å². The maximum absolute atomic E-state index is 13.4. The number of carbonyl (C=O) groups excluding carboxylic acids is 1. The van der Waals surface area contributed by atoms with Crippen molar-refractivity contribution in [2.75, 3.05) is 6.61 Å². The molecule has 1 unspecified atom stereocenters. The van der Waals surface area contributed by atoms with Gasteiger partial charge in [-0.2, -0.15) is 0 Å². The second kappa shape index (κ2) is 12.6. The number of ether oxygens (including phenoxy) is 1. The Bertz CT molecular complexity index is 852. The third-order valence-electron chi connectivity index (χ3n) is 4.95. The van der Waals surface area contributed by atoms with Crippen molar-refractivity contribution < 1.29 is 58.8 Å². The van der Waals surface area contributed by atoms with Crippen molar-refractivity contribution in [2.24, 2.45) is 0 Å². The van der Waals surface area contributed by atoms with Crippen LogP contribution in [0.15, 0.2) is 36.4 Å².